The van der Waals surface area contributed by atoms with Crippen LogP contribution in [0.1, 0.15) is 19.5 Å². The van der Waals surface area contributed by atoms with E-state index < -0.39 is 5.82 Å². The van der Waals surface area contributed by atoms with Crippen molar-refractivity contribution in [3.8, 4) is 0 Å². The molecule has 4 nitrogen and oxygen atoms in total. The summed E-state index contributed by atoms with van der Waals surface area (Å²) in [7, 11) is 1.70. The molecule has 0 bridgehead atoms. The van der Waals surface area contributed by atoms with E-state index in [9.17, 15) is 4.39 Å². The van der Waals surface area contributed by atoms with Crippen molar-refractivity contribution >= 4 is 5.82 Å². The highest BCUT2D eigenvalue weighted by Gasteiger charge is 2.17. The number of hydrogen-bond acceptors (Lipinski definition) is 4. The van der Waals surface area contributed by atoms with Gasteiger partial charge in [-0.05, 0) is 13.3 Å². The van der Waals surface area contributed by atoms with E-state index in [0.717, 1.165) is 0 Å². The van der Waals surface area contributed by atoms with Gasteiger partial charge in [-0.25, -0.2) is 14.4 Å². The summed E-state index contributed by atoms with van der Waals surface area (Å²) in [6.07, 6.45) is 1.88. The van der Waals surface area contributed by atoms with Gasteiger partial charge < -0.3 is 10.0 Å². The molecule has 1 rings (SSSR count). The third kappa shape index (κ3) is 2.41. The molecule has 0 saturated heterocycles. The van der Waals surface area contributed by atoms with Crippen LogP contribution >= 0.6 is 0 Å². The lowest BCUT2D eigenvalue weighted by molar-refractivity contribution is 0.269. The first kappa shape index (κ1) is 11.8. The monoisotopic (exact) mass is 213 g/mol. The summed E-state index contributed by atoms with van der Waals surface area (Å²) in [6, 6.07) is -0.167. The number of aryl methyl sites for hydroxylation is 1. The van der Waals surface area contributed by atoms with Gasteiger partial charge in [0.1, 0.15) is 6.33 Å². The fraction of sp³-hybridized carbons (Fsp3) is 0.600. The molecule has 0 saturated carbocycles. The summed E-state index contributed by atoms with van der Waals surface area (Å²) < 4.78 is 13.8. The van der Waals surface area contributed by atoms with Crippen LogP contribution in [0.4, 0.5) is 10.2 Å². The number of aromatic nitrogens is 2. The highest BCUT2D eigenvalue weighted by molar-refractivity contribution is 5.41. The summed E-state index contributed by atoms with van der Waals surface area (Å²) in [5.74, 6) is -0.161. The predicted molar refractivity (Wildman–Crippen MR) is 56.3 cm³/mol. The first-order chi connectivity index (χ1) is 7.11. The van der Waals surface area contributed by atoms with Crippen molar-refractivity contribution in [3.05, 3.63) is 17.8 Å². The number of nitrogens with zero attached hydrogens (tertiary/aromatic N) is 3. The Kier molecular flexibility index (Phi) is 3.96. The molecule has 0 aliphatic rings. The molecule has 0 spiro atoms. The molecular formula is C10H16FN3O. The van der Waals surface area contributed by atoms with Gasteiger partial charge in [0.15, 0.2) is 11.6 Å². The Morgan fingerprint density at radius 1 is 1.53 bits per heavy atom. The SMILES string of the molecule is CCc1ncnc(N(C)C(C)CO)c1F. The van der Waals surface area contributed by atoms with E-state index >= 15 is 0 Å². The van der Waals surface area contributed by atoms with Crippen LogP contribution in [0.15, 0.2) is 6.33 Å². The van der Waals surface area contributed by atoms with Gasteiger partial charge in [0.05, 0.1) is 18.3 Å². The minimum Gasteiger partial charge on any atom is -0.394 e. The molecule has 1 unspecified atom stereocenters. The number of hydrogen-bond donors (Lipinski definition) is 1. The Morgan fingerprint density at radius 2 is 2.20 bits per heavy atom. The van der Waals surface area contributed by atoms with Gasteiger partial charge in [-0.1, -0.05) is 6.92 Å². The van der Waals surface area contributed by atoms with E-state index in [4.69, 9.17) is 5.11 Å². The lowest BCUT2D eigenvalue weighted by Crippen LogP contribution is -2.33. The Hall–Kier alpha value is -1.23. The first-order valence-corrected chi connectivity index (χ1v) is 4.94. The third-order valence-electron chi connectivity index (χ3n) is 2.44. The van der Waals surface area contributed by atoms with Gasteiger partial charge in [-0.2, -0.15) is 0 Å². The van der Waals surface area contributed by atoms with Crippen molar-refractivity contribution in [2.45, 2.75) is 26.3 Å². The summed E-state index contributed by atoms with van der Waals surface area (Å²) in [5, 5.41) is 8.98. The predicted octanol–water partition coefficient (Wildman–Crippen LogP) is 0.995. The van der Waals surface area contributed by atoms with Crippen molar-refractivity contribution in [1.82, 2.24) is 9.97 Å². The second-order valence-corrected chi connectivity index (χ2v) is 3.45. The topological polar surface area (TPSA) is 49.2 Å². The maximum absolute atomic E-state index is 13.8. The molecule has 1 heterocycles. The molecule has 0 aromatic carbocycles. The Balaban J connectivity index is 3.03. The fourth-order valence-corrected chi connectivity index (χ4v) is 1.22. The molecule has 1 N–H and O–H groups in total. The summed E-state index contributed by atoms with van der Waals surface area (Å²) in [4.78, 5) is 9.34. The van der Waals surface area contributed by atoms with Gasteiger partial charge in [-0.3, -0.25) is 0 Å². The van der Waals surface area contributed by atoms with Crippen LogP contribution in [0.2, 0.25) is 0 Å². The van der Waals surface area contributed by atoms with Crippen molar-refractivity contribution in [2.24, 2.45) is 0 Å². The van der Waals surface area contributed by atoms with E-state index in [1.807, 2.05) is 6.92 Å². The van der Waals surface area contributed by atoms with E-state index in [0.29, 0.717) is 12.1 Å². The quantitative estimate of drug-likeness (QED) is 0.810. The van der Waals surface area contributed by atoms with E-state index in [1.54, 1.807) is 18.9 Å². The number of likely N-dealkylation sites (N-methyl/N-ethyl adjacent to an activating group) is 1. The second kappa shape index (κ2) is 5.02. The smallest absolute Gasteiger partial charge is 0.187 e. The van der Waals surface area contributed by atoms with E-state index in [2.05, 4.69) is 9.97 Å². The normalized spacial score (nSPS) is 12.6. The average Bonchev–Trinajstić information content (AvgIpc) is 2.27. The molecule has 0 radical (unpaired) electrons. The number of rotatable bonds is 4. The van der Waals surface area contributed by atoms with Crippen molar-refractivity contribution in [2.75, 3.05) is 18.6 Å². The molecule has 0 fully saturated rings. The van der Waals surface area contributed by atoms with Gasteiger partial charge in [0.2, 0.25) is 0 Å². The van der Waals surface area contributed by atoms with E-state index in [1.165, 1.54) is 6.33 Å². The first-order valence-electron chi connectivity index (χ1n) is 4.94. The standard InChI is InChI=1S/C10H16FN3O/c1-4-8-9(11)10(13-6-12-8)14(3)7(2)5-15/h6-7,15H,4-5H2,1-3H3. The summed E-state index contributed by atoms with van der Waals surface area (Å²) in [5.41, 5.74) is 0.400. The maximum atomic E-state index is 13.8. The molecular weight excluding hydrogens is 197 g/mol. The summed E-state index contributed by atoms with van der Waals surface area (Å²) in [6.45, 7) is 3.60. The van der Waals surface area contributed by atoms with Gasteiger partial charge in [0.25, 0.3) is 0 Å². The largest absolute Gasteiger partial charge is 0.394 e. The lowest BCUT2D eigenvalue weighted by Gasteiger charge is -2.24. The zero-order chi connectivity index (χ0) is 11.4. The zero-order valence-electron chi connectivity index (χ0n) is 9.24. The number of aliphatic hydroxyl groups excluding tert-OH is 1. The van der Waals surface area contributed by atoms with Crippen LogP contribution in [0.25, 0.3) is 0 Å². The van der Waals surface area contributed by atoms with Crippen molar-refractivity contribution < 1.29 is 9.50 Å². The Labute approximate surface area is 88.8 Å². The minimum atomic E-state index is -0.400. The number of anilines is 1. The zero-order valence-corrected chi connectivity index (χ0v) is 9.24. The van der Waals surface area contributed by atoms with Crippen molar-refractivity contribution in [1.29, 1.82) is 0 Å². The second-order valence-electron chi connectivity index (χ2n) is 3.45. The molecule has 15 heavy (non-hydrogen) atoms. The van der Waals surface area contributed by atoms with Crippen LogP contribution < -0.4 is 4.90 Å². The molecule has 0 aliphatic carbocycles. The Morgan fingerprint density at radius 3 is 2.73 bits per heavy atom. The van der Waals surface area contributed by atoms with Crippen molar-refractivity contribution in [3.63, 3.8) is 0 Å². The van der Waals surface area contributed by atoms with Crippen LogP contribution in [-0.2, 0) is 6.42 Å². The molecule has 1 aromatic heterocycles. The van der Waals surface area contributed by atoms with Crippen LogP contribution in [0.3, 0.4) is 0 Å². The molecule has 0 amide bonds. The summed E-state index contributed by atoms with van der Waals surface area (Å²) >= 11 is 0. The van der Waals surface area contributed by atoms with Gasteiger partial charge >= 0.3 is 0 Å². The molecule has 5 heteroatoms. The third-order valence-corrected chi connectivity index (χ3v) is 2.44. The highest BCUT2D eigenvalue weighted by atomic mass is 19.1. The number of halogens is 1. The maximum Gasteiger partial charge on any atom is 0.187 e. The molecule has 0 aliphatic heterocycles. The van der Waals surface area contributed by atoms with Gasteiger partial charge in [-0.15, -0.1) is 0 Å². The van der Waals surface area contributed by atoms with Crippen LogP contribution in [-0.4, -0.2) is 34.8 Å². The molecule has 1 atom stereocenters. The molecule has 1 aromatic rings. The van der Waals surface area contributed by atoms with Gasteiger partial charge in [0, 0.05) is 7.05 Å². The average molecular weight is 213 g/mol. The Bertz CT molecular complexity index is 332. The van der Waals surface area contributed by atoms with Crippen LogP contribution in [0, 0.1) is 5.82 Å². The number of aliphatic hydroxyl groups is 1. The lowest BCUT2D eigenvalue weighted by atomic mass is 10.2. The van der Waals surface area contributed by atoms with E-state index in [-0.39, 0.29) is 18.5 Å². The minimum absolute atomic E-state index is 0.0403. The van der Waals surface area contributed by atoms with Crippen LogP contribution in [0.5, 0.6) is 0 Å². The fourth-order valence-electron chi connectivity index (χ4n) is 1.22. The highest BCUT2D eigenvalue weighted by Crippen LogP contribution is 2.18. The molecule has 84 valence electrons.